The number of aromatic nitrogens is 3. The zero-order chi connectivity index (χ0) is 14.4. The predicted octanol–water partition coefficient (Wildman–Crippen LogP) is 0.752. The van der Waals surface area contributed by atoms with Crippen LogP contribution in [-0.4, -0.2) is 27.5 Å². The summed E-state index contributed by atoms with van der Waals surface area (Å²) in [7, 11) is 0. The number of nitrogens with two attached hydrogens (primary N) is 1. The molecule has 0 unspecified atom stereocenters. The van der Waals surface area contributed by atoms with Gasteiger partial charge in [-0.25, -0.2) is 10.5 Å². The third-order valence-corrected chi connectivity index (χ3v) is 2.95. The van der Waals surface area contributed by atoms with Crippen LogP contribution in [0.5, 0.6) is 0 Å². The number of carbonyl (C=O) groups is 1. The van der Waals surface area contributed by atoms with Crippen molar-refractivity contribution < 1.29 is 9.53 Å². The summed E-state index contributed by atoms with van der Waals surface area (Å²) in [5.74, 6) is 4.52. The van der Waals surface area contributed by atoms with E-state index in [9.17, 15) is 4.79 Å². The molecule has 0 saturated heterocycles. The first-order valence-corrected chi connectivity index (χ1v) is 6.30. The Labute approximate surface area is 120 Å². The summed E-state index contributed by atoms with van der Waals surface area (Å²) in [6.07, 6.45) is 1.50. The van der Waals surface area contributed by atoms with E-state index in [2.05, 4.69) is 10.3 Å². The molecule has 3 N–H and O–H groups in total. The number of ether oxygens (including phenoxy) is 1. The molecule has 0 spiro atoms. The van der Waals surface area contributed by atoms with Crippen LogP contribution in [0.1, 0.15) is 16.1 Å². The molecule has 0 atom stereocenters. The van der Waals surface area contributed by atoms with Gasteiger partial charge in [0.25, 0.3) is 5.91 Å². The van der Waals surface area contributed by atoms with E-state index in [1.165, 1.54) is 10.9 Å². The molecule has 20 heavy (non-hydrogen) atoms. The lowest BCUT2D eigenvalue weighted by Crippen LogP contribution is -2.30. The van der Waals surface area contributed by atoms with Crippen molar-refractivity contribution in [2.45, 2.75) is 13.2 Å². The van der Waals surface area contributed by atoms with E-state index in [1.54, 1.807) is 0 Å². The SMILES string of the molecule is NNC(=O)c1cn(CCOCc2ccccc2Cl)nn1. The van der Waals surface area contributed by atoms with Crippen molar-refractivity contribution in [2.24, 2.45) is 5.84 Å². The van der Waals surface area contributed by atoms with Gasteiger partial charge < -0.3 is 4.74 Å². The summed E-state index contributed by atoms with van der Waals surface area (Å²) in [6, 6.07) is 7.49. The summed E-state index contributed by atoms with van der Waals surface area (Å²) in [6.45, 7) is 1.33. The Balaban J connectivity index is 1.77. The molecule has 0 fully saturated rings. The first-order chi connectivity index (χ1) is 9.70. The highest BCUT2D eigenvalue weighted by Gasteiger charge is 2.08. The van der Waals surface area contributed by atoms with Crippen LogP contribution in [-0.2, 0) is 17.9 Å². The lowest BCUT2D eigenvalue weighted by Gasteiger charge is -2.05. The van der Waals surface area contributed by atoms with Crippen LogP contribution in [0.3, 0.4) is 0 Å². The smallest absolute Gasteiger partial charge is 0.287 e. The number of amides is 1. The molecule has 7 nitrogen and oxygen atoms in total. The summed E-state index contributed by atoms with van der Waals surface area (Å²) >= 11 is 6.01. The Morgan fingerprint density at radius 1 is 1.45 bits per heavy atom. The van der Waals surface area contributed by atoms with Crippen LogP contribution in [0.4, 0.5) is 0 Å². The minimum atomic E-state index is -0.478. The lowest BCUT2D eigenvalue weighted by atomic mass is 10.2. The molecule has 1 amide bonds. The molecular formula is C12H14ClN5O2. The molecule has 0 saturated carbocycles. The van der Waals surface area contributed by atoms with Crippen molar-refractivity contribution in [3.63, 3.8) is 0 Å². The Bertz CT molecular complexity index is 587. The molecule has 8 heteroatoms. The second kappa shape index (κ2) is 6.99. The van der Waals surface area contributed by atoms with Gasteiger partial charge in [-0.15, -0.1) is 5.10 Å². The van der Waals surface area contributed by atoms with Crippen LogP contribution in [0.15, 0.2) is 30.5 Å². The first-order valence-electron chi connectivity index (χ1n) is 5.93. The molecule has 0 radical (unpaired) electrons. The number of benzene rings is 1. The number of hydrogen-bond donors (Lipinski definition) is 2. The van der Waals surface area contributed by atoms with Crippen LogP contribution >= 0.6 is 11.6 Å². The first kappa shape index (κ1) is 14.4. The number of hydrogen-bond acceptors (Lipinski definition) is 5. The van der Waals surface area contributed by atoms with Gasteiger partial charge in [0, 0.05) is 5.02 Å². The van der Waals surface area contributed by atoms with E-state index in [-0.39, 0.29) is 5.69 Å². The van der Waals surface area contributed by atoms with Gasteiger partial charge in [0.15, 0.2) is 5.69 Å². The molecule has 1 aromatic carbocycles. The maximum absolute atomic E-state index is 11.2. The minimum absolute atomic E-state index is 0.165. The van der Waals surface area contributed by atoms with Gasteiger partial charge in [-0.05, 0) is 11.6 Å². The van der Waals surface area contributed by atoms with E-state index in [0.717, 1.165) is 5.56 Å². The number of rotatable bonds is 6. The number of hydrazine groups is 1. The molecule has 1 aromatic heterocycles. The van der Waals surface area contributed by atoms with Gasteiger partial charge in [-0.3, -0.25) is 10.2 Å². The Hall–Kier alpha value is -1.96. The topological polar surface area (TPSA) is 95.1 Å². The largest absolute Gasteiger partial charge is 0.375 e. The van der Waals surface area contributed by atoms with Gasteiger partial charge in [-0.2, -0.15) is 0 Å². The molecule has 2 aromatic rings. The maximum Gasteiger partial charge on any atom is 0.287 e. The number of nitrogens with zero attached hydrogens (tertiary/aromatic N) is 3. The van der Waals surface area contributed by atoms with Crippen LogP contribution in [0.2, 0.25) is 5.02 Å². The maximum atomic E-state index is 11.2. The van der Waals surface area contributed by atoms with Crippen LogP contribution in [0, 0.1) is 0 Å². The van der Waals surface area contributed by atoms with E-state index in [1.807, 2.05) is 29.7 Å². The summed E-state index contributed by atoms with van der Waals surface area (Å²) in [5.41, 5.74) is 3.08. The lowest BCUT2D eigenvalue weighted by molar-refractivity contribution is 0.0948. The van der Waals surface area contributed by atoms with Gasteiger partial charge in [0.1, 0.15) is 0 Å². The average molecular weight is 296 g/mol. The zero-order valence-electron chi connectivity index (χ0n) is 10.6. The summed E-state index contributed by atoms with van der Waals surface area (Å²) in [5, 5.41) is 8.15. The van der Waals surface area contributed by atoms with Crippen molar-refractivity contribution in [1.29, 1.82) is 0 Å². The molecule has 2 rings (SSSR count). The highest BCUT2D eigenvalue weighted by Crippen LogP contribution is 2.15. The molecule has 0 aliphatic heterocycles. The summed E-state index contributed by atoms with van der Waals surface area (Å²) in [4.78, 5) is 11.2. The highest BCUT2D eigenvalue weighted by atomic mass is 35.5. The standard InChI is InChI=1S/C12H14ClN5O2/c13-10-4-2-1-3-9(10)8-20-6-5-18-7-11(16-17-18)12(19)15-14/h1-4,7H,5-6,8,14H2,(H,15,19). The predicted molar refractivity (Wildman–Crippen MR) is 72.8 cm³/mol. The van der Waals surface area contributed by atoms with Gasteiger partial charge in [0.05, 0.1) is 26.0 Å². The number of carbonyl (C=O) groups excluding carboxylic acids is 1. The van der Waals surface area contributed by atoms with Gasteiger partial charge in [-0.1, -0.05) is 35.0 Å². The Kier molecular flexibility index (Phi) is 5.05. The van der Waals surface area contributed by atoms with Crippen molar-refractivity contribution in [2.75, 3.05) is 6.61 Å². The third kappa shape index (κ3) is 3.77. The fourth-order valence-electron chi connectivity index (χ4n) is 1.54. The average Bonchev–Trinajstić information content (AvgIpc) is 2.93. The molecule has 0 aliphatic carbocycles. The summed E-state index contributed by atoms with van der Waals surface area (Å²) < 4.78 is 7.01. The molecule has 1 heterocycles. The number of nitrogens with one attached hydrogen (secondary N) is 1. The Morgan fingerprint density at radius 2 is 2.25 bits per heavy atom. The van der Waals surface area contributed by atoms with Crippen molar-refractivity contribution in [1.82, 2.24) is 20.4 Å². The van der Waals surface area contributed by atoms with Gasteiger partial charge >= 0.3 is 0 Å². The van der Waals surface area contributed by atoms with E-state index < -0.39 is 5.91 Å². The fraction of sp³-hybridized carbons (Fsp3) is 0.250. The van der Waals surface area contributed by atoms with Crippen LogP contribution < -0.4 is 11.3 Å². The number of nitrogen functional groups attached to an aromatic ring is 1. The third-order valence-electron chi connectivity index (χ3n) is 2.58. The fourth-order valence-corrected chi connectivity index (χ4v) is 1.73. The second-order valence-corrected chi connectivity index (χ2v) is 4.39. The second-order valence-electron chi connectivity index (χ2n) is 3.98. The van der Waals surface area contributed by atoms with Crippen LogP contribution in [0.25, 0.3) is 0 Å². The van der Waals surface area contributed by atoms with E-state index in [4.69, 9.17) is 22.2 Å². The van der Waals surface area contributed by atoms with E-state index >= 15 is 0 Å². The normalized spacial score (nSPS) is 10.5. The van der Waals surface area contributed by atoms with Crippen molar-refractivity contribution in [3.05, 3.63) is 46.7 Å². The molecule has 0 aliphatic rings. The quantitative estimate of drug-likeness (QED) is 0.355. The van der Waals surface area contributed by atoms with Gasteiger partial charge in [0.2, 0.25) is 0 Å². The zero-order valence-corrected chi connectivity index (χ0v) is 11.4. The number of halogens is 1. The van der Waals surface area contributed by atoms with Crippen molar-refractivity contribution >= 4 is 17.5 Å². The molecule has 106 valence electrons. The molecular weight excluding hydrogens is 282 g/mol. The van der Waals surface area contributed by atoms with Crippen molar-refractivity contribution in [3.8, 4) is 0 Å². The van der Waals surface area contributed by atoms with E-state index in [0.29, 0.717) is 24.8 Å². The minimum Gasteiger partial charge on any atom is -0.375 e. The monoisotopic (exact) mass is 295 g/mol. The molecule has 0 bridgehead atoms. The highest BCUT2D eigenvalue weighted by molar-refractivity contribution is 6.31. The Morgan fingerprint density at radius 3 is 3.00 bits per heavy atom.